The number of pyridine rings is 2. The number of carbonyl (C=O) groups excluding carboxylic acids is 1. The molecular formula is C20H14F4N2O3. The highest BCUT2D eigenvalue weighted by Gasteiger charge is 2.31. The second-order valence-electron chi connectivity index (χ2n) is 6.11. The van der Waals surface area contributed by atoms with E-state index in [0.717, 1.165) is 12.1 Å². The summed E-state index contributed by atoms with van der Waals surface area (Å²) in [4.78, 5) is 30.2. The molecule has 5 nitrogen and oxygen atoms in total. The molecule has 150 valence electrons. The van der Waals surface area contributed by atoms with Gasteiger partial charge in [0.1, 0.15) is 11.6 Å². The Bertz CT molecular complexity index is 1040. The molecule has 3 aromatic rings. The van der Waals surface area contributed by atoms with Crippen LogP contribution in [0.1, 0.15) is 34.0 Å². The first-order valence-electron chi connectivity index (χ1n) is 8.41. The van der Waals surface area contributed by atoms with E-state index in [-0.39, 0.29) is 23.2 Å². The van der Waals surface area contributed by atoms with Crippen molar-refractivity contribution in [2.45, 2.75) is 18.7 Å². The number of hydrogen-bond acceptors (Lipinski definition) is 4. The van der Waals surface area contributed by atoms with Crippen molar-refractivity contribution >= 4 is 5.78 Å². The third-order valence-corrected chi connectivity index (χ3v) is 4.13. The minimum atomic E-state index is -4.84. The average Bonchev–Trinajstić information content (AvgIpc) is 2.67. The number of ether oxygens (including phenoxy) is 1. The number of Topliss-reactive ketones (excluding diaryl/α,β-unsaturated/α-hetero) is 1. The molecule has 1 N–H and O–H groups in total. The van der Waals surface area contributed by atoms with E-state index in [9.17, 15) is 27.2 Å². The maximum atomic E-state index is 14.3. The van der Waals surface area contributed by atoms with E-state index < -0.39 is 29.6 Å². The lowest BCUT2D eigenvalue weighted by Gasteiger charge is -2.18. The highest BCUT2D eigenvalue weighted by molar-refractivity contribution is 5.96. The van der Waals surface area contributed by atoms with Crippen LogP contribution in [0.4, 0.5) is 17.6 Å². The lowest BCUT2D eigenvalue weighted by Crippen LogP contribution is -2.17. The molecule has 0 aliphatic carbocycles. The maximum absolute atomic E-state index is 14.3. The van der Waals surface area contributed by atoms with Gasteiger partial charge in [-0.25, -0.2) is 4.39 Å². The molecule has 29 heavy (non-hydrogen) atoms. The van der Waals surface area contributed by atoms with E-state index >= 15 is 0 Å². The van der Waals surface area contributed by atoms with Gasteiger partial charge in [-0.3, -0.25) is 14.6 Å². The van der Waals surface area contributed by atoms with Crippen LogP contribution in [0.15, 0.2) is 65.7 Å². The first-order chi connectivity index (χ1) is 13.7. The molecule has 0 amide bonds. The van der Waals surface area contributed by atoms with Gasteiger partial charge in [0.2, 0.25) is 5.56 Å². The summed E-state index contributed by atoms with van der Waals surface area (Å²) >= 11 is 0. The van der Waals surface area contributed by atoms with Gasteiger partial charge in [-0.2, -0.15) is 0 Å². The lowest BCUT2D eigenvalue weighted by molar-refractivity contribution is -0.274. The molecule has 0 saturated carbocycles. The zero-order valence-corrected chi connectivity index (χ0v) is 14.7. The molecular weight excluding hydrogens is 392 g/mol. The van der Waals surface area contributed by atoms with Gasteiger partial charge >= 0.3 is 6.36 Å². The van der Waals surface area contributed by atoms with Gasteiger partial charge in [0, 0.05) is 36.4 Å². The van der Waals surface area contributed by atoms with Gasteiger partial charge in [-0.1, -0.05) is 12.1 Å². The number of nitrogens with one attached hydrogen (secondary N) is 1. The highest BCUT2D eigenvalue weighted by Crippen LogP contribution is 2.32. The Morgan fingerprint density at radius 2 is 1.83 bits per heavy atom. The van der Waals surface area contributed by atoms with Crippen molar-refractivity contribution in [1.29, 1.82) is 0 Å². The Morgan fingerprint density at radius 1 is 1.10 bits per heavy atom. The number of carbonyl (C=O) groups is 1. The number of benzene rings is 1. The van der Waals surface area contributed by atoms with Crippen molar-refractivity contribution in [3.8, 4) is 5.75 Å². The minimum absolute atomic E-state index is 0.0187. The van der Waals surface area contributed by atoms with Crippen LogP contribution in [0.25, 0.3) is 0 Å². The first kappa shape index (κ1) is 20.2. The number of halogens is 4. The second-order valence-corrected chi connectivity index (χ2v) is 6.11. The van der Waals surface area contributed by atoms with E-state index in [1.54, 1.807) is 0 Å². The summed E-state index contributed by atoms with van der Waals surface area (Å²) in [6.45, 7) is 0. The lowest BCUT2D eigenvalue weighted by atomic mass is 9.88. The standard InChI is InChI=1S/C20H14F4N2O3/c21-16-2-1-9-25-19(16)15(10-17(27)13-5-8-18(28)26-11-13)12-3-6-14(7-4-12)29-20(22,23)24/h1-9,11,15H,10H2,(H,26,28)/t15-/m0/s1. The molecule has 0 bridgehead atoms. The molecule has 2 heterocycles. The van der Waals surface area contributed by atoms with E-state index in [4.69, 9.17) is 0 Å². The van der Waals surface area contributed by atoms with Crippen LogP contribution in [-0.4, -0.2) is 22.1 Å². The Balaban J connectivity index is 1.93. The fraction of sp³-hybridized carbons (Fsp3) is 0.150. The summed E-state index contributed by atoms with van der Waals surface area (Å²) in [7, 11) is 0. The number of nitrogens with zero attached hydrogens (tertiary/aromatic N) is 1. The molecule has 0 spiro atoms. The molecule has 0 fully saturated rings. The van der Waals surface area contributed by atoms with Crippen molar-refractivity contribution in [2.24, 2.45) is 0 Å². The van der Waals surface area contributed by atoms with E-state index in [1.165, 1.54) is 48.8 Å². The SMILES string of the molecule is O=C(C[C@@H](c1ccc(OC(F)(F)F)cc1)c1ncccc1F)c1ccc(=O)[nH]c1. The predicted molar refractivity (Wildman–Crippen MR) is 95.2 cm³/mol. The third kappa shape index (κ3) is 5.28. The van der Waals surface area contributed by atoms with Gasteiger partial charge < -0.3 is 9.72 Å². The van der Waals surface area contributed by atoms with Crippen LogP contribution in [0.5, 0.6) is 5.75 Å². The molecule has 0 radical (unpaired) electrons. The number of H-pyrrole nitrogens is 1. The molecule has 0 saturated heterocycles. The number of rotatable bonds is 6. The van der Waals surface area contributed by atoms with Crippen LogP contribution in [-0.2, 0) is 0 Å². The normalized spacial score (nSPS) is 12.4. The Labute approximate surface area is 162 Å². The fourth-order valence-corrected chi connectivity index (χ4v) is 2.82. The van der Waals surface area contributed by atoms with Gasteiger partial charge in [0.05, 0.1) is 5.69 Å². The van der Waals surface area contributed by atoms with Crippen LogP contribution in [0, 0.1) is 5.82 Å². The van der Waals surface area contributed by atoms with E-state index in [0.29, 0.717) is 5.56 Å². The van der Waals surface area contributed by atoms with Crippen LogP contribution in [0.3, 0.4) is 0 Å². The van der Waals surface area contributed by atoms with Crippen molar-refractivity contribution in [2.75, 3.05) is 0 Å². The fourth-order valence-electron chi connectivity index (χ4n) is 2.82. The van der Waals surface area contributed by atoms with Crippen molar-refractivity contribution in [3.63, 3.8) is 0 Å². The molecule has 2 aromatic heterocycles. The van der Waals surface area contributed by atoms with Crippen molar-refractivity contribution < 1.29 is 27.1 Å². The Morgan fingerprint density at radius 3 is 2.41 bits per heavy atom. The van der Waals surface area contributed by atoms with Crippen molar-refractivity contribution in [3.05, 3.63) is 93.9 Å². The summed E-state index contributed by atoms with van der Waals surface area (Å²) in [6.07, 6.45) is -2.44. The number of alkyl halides is 3. The first-order valence-corrected chi connectivity index (χ1v) is 8.41. The number of hydrogen-bond donors (Lipinski definition) is 1. The third-order valence-electron chi connectivity index (χ3n) is 4.13. The Hall–Kier alpha value is -3.49. The van der Waals surface area contributed by atoms with Crippen LogP contribution in [0.2, 0.25) is 0 Å². The molecule has 1 atom stereocenters. The zero-order valence-electron chi connectivity index (χ0n) is 14.7. The minimum Gasteiger partial charge on any atom is -0.406 e. The maximum Gasteiger partial charge on any atom is 0.573 e. The Kier molecular flexibility index (Phi) is 5.76. The largest absolute Gasteiger partial charge is 0.573 e. The molecule has 3 rings (SSSR count). The van der Waals surface area contributed by atoms with Crippen molar-refractivity contribution in [1.82, 2.24) is 9.97 Å². The summed E-state index contributed by atoms with van der Waals surface area (Å²) in [5, 5.41) is 0. The smallest absolute Gasteiger partial charge is 0.406 e. The number of aromatic nitrogens is 2. The molecule has 9 heteroatoms. The highest BCUT2D eigenvalue weighted by atomic mass is 19.4. The zero-order chi connectivity index (χ0) is 21.0. The average molecular weight is 406 g/mol. The monoisotopic (exact) mass is 406 g/mol. The molecule has 0 aliphatic rings. The van der Waals surface area contributed by atoms with Gasteiger partial charge in [0.25, 0.3) is 0 Å². The summed E-state index contributed by atoms with van der Waals surface area (Å²) < 4.78 is 55.2. The van der Waals surface area contributed by atoms with Crippen LogP contribution < -0.4 is 10.3 Å². The van der Waals surface area contributed by atoms with Gasteiger partial charge in [-0.15, -0.1) is 13.2 Å². The second kappa shape index (κ2) is 8.26. The predicted octanol–water partition coefficient (Wildman–Crippen LogP) is 4.21. The van der Waals surface area contributed by atoms with Crippen LogP contribution >= 0.6 is 0 Å². The van der Waals surface area contributed by atoms with E-state index in [1.807, 2.05) is 0 Å². The quantitative estimate of drug-likeness (QED) is 0.492. The molecule has 1 aromatic carbocycles. The molecule has 0 unspecified atom stereocenters. The molecule has 0 aliphatic heterocycles. The topological polar surface area (TPSA) is 72.0 Å². The number of aromatic amines is 1. The summed E-state index contributed by atoms with van der Waals surface area (Å²) in [5.41, 5.74) is 0.196. The summed E-state index contributed by atoms with van der Waals surface area (Å²) in [6, 6.07) is 9.91. The summed E-state index contributed by atoms with van der Waals surface area (Å²) in [5.74, 6) is -2.33. The van der Waals surface area contributed by atoms with E-state index in [2.05, 4.69) is 14.7 Å². The number of ketones is 1. The van der Waals surface area contributed by atoms with Gasteiger partial charge in [0.15, 0.2) is 5.78 Å². The van der Waals surface area contributed by atoms with Gasteiger partial charge in [-0.05, 0) is 35.9 Å².